The summed E-state index contributed by atoms with van der Waals surface area (Å²) in [6, 6.07) is 8.65. The zero-order valence-corrected chi connectivity index (χ0v) is 15.4. The SMILES string of the molecule is Cc1ccc(S(=O)(=O)N2CCC(Oc3cc(N(C)C)ncn3)C2)cc1. The molecule has 0 spiro atoms. The molecule has 134 valence electrons. The molecular formula is C17H22N4O3S. The second-order valence-electron chi connectivity index (χ2n) is 6.31. The first kappa shape index (κ1) is 17.6. The first-order valence-corrected chi connectivity index (χ1v) is 9.53. The van der Waals surface area contributed by atoms with Crippen LogP contribution in [0.3, 0.4) is 0 Å². The molecule has 1 aromatic heterocycles. The van der Waals surface area contributed by atoms with Gasteiger partial charge < -0.3 is 9.64 Å². The van der Waals surface area contributed by atoms with Gasteiger partial charge in [0.05, 0.1) is 11.4 Å². The topological polar surface area (TPSA) is 75.6 Å². The van der Waals surface area contributed by atoms with E-state index < -0.39 is 10.0 Å². The van der Waals surface area contributed by atoms with Crippen LogP contribution < -0.4 is 9.64 Å². The Labute approximate surface area is 148 Å². The van der Waals surface area contributed by atoms with Crippen LogP contribution in [0.25, 0.3) is 0 Å². The van der Waals surface area contributed by atoms with Crippen molar-refractivity contribution in [3.63, 3.8) is 0 Å². The molecule has 0 amide bonds. The number of anilines is 1. The molecule has 1 fully saturated rings. The molecule has 2 aromatic rings. The minimum atomic E-state index is -3.49. The monoisotopic (exact) mass is 362 g/mol. The fraction of sp³-hybridized carbons (Fsp3) is 0.412. The summed E-state index contributed by atoms with van der Waals surface area (Å²) in [6.45, 7) is 2.68. The van der Waals surface area contributed by atoms with Crippen LogP contribution in [0.4, 0.5) is 5.82 Å². The molecule has 2 heterocycles. The Morgan fingerprint density at radius 3 is 2.60 bits per heavy atom. The maximum atomic E-state index is 12.7. The van der Waals surface area contributed by atoms with E-state index >= 15 is 0 Å². The van der Waals surface area contributed by atoms with Crippen molar-refractivity contribution in [3.05, 3.63) is 42.2 Å². The molecule has 0 radical (unpaired) electrons. The minimum Gasteiger partial charge on any atom is -0.473 e. The molecule has 1 aliphatic rings. The van der Waals surface area contributed by atoms with Gasteiger partial charge in [0.25, 0.3) is 0 Å². The van der Waals surface area contributed by atoms with Crippen LogP contribution in [0, 0.1) is 6.92 Å². The van der Waals surface area contributed by atoms with E-state index in [-0.39, 0.29) is 6.10 Å². The lowest BCUT2D eigenvalue weighted by Crippen LogP contribution is -2.31. The highest BCUT2D eigenvalue weighted by Crippen LogP contribution is 2.24. The minimum absolute atomic E-state index is 0.217. The van der Waals surface area contributed by atoms with Gasteiger partial charge in [0.15, 0.2) is 0 Å². The summed E-state index contributed by atoms with van der Waals surface area (Å²) in [5.41, 5.74) is 1.03. The molecule has 8 heteroatoms. The number of aryl methyl sites for hydroxylation is 1. The summed E-state index contributed by atoms with van der Waals surface area (Å²) < 4.78 is 32.8. The number of aromatic nitrogens is 2. The molecule has 0 saturated carbocycles. The summed E-state index contributed by atoms with van der Waals surface area (Å²) in [6.07, 6.45) is 1.86. The summed E-state index contributed by atoms with van der Waals surface area (Å²) >= 11 is 0. The predicted molar refractivity (Wildman–Crippen MR) is 95.3 cm³/mol. The second kappa shape index (κ2) is 6.97. The molecule has 1 unspecified atom stereocenters. The zero-order valence-electron chi connectivity index (χ0n) is 14.6. The van der Waals surface area contributed by atoms with Gasteiger partial charge in [-0.15, -0.1) is 0 Å². The average molecular weight is 362 g/mol. The molecule has 3 rings (SSSR count). The van der Waals surface area contributed by atoms with Gasteiger partial charge in [-0.1, -0.05) is 17.7 Å². The summed E-state index contributed by atoms with van der Waals surface area (Å²) in [4.78, 5) is 10.4. The van der Waals surface area contributed by atoms with Crippen molar-refractivity contribution in [1.29, 1.82) is 0 Å². The predicted octanol–water partition coefficient (Wildman–Crippen LogP) is 1.69. The maximum Gasteiger partial charge on any atom is 0.243 e. The Morgan fingerprint density at radius 2 is 1.92 bits per heavy atom. The third-order valence-electron chi connectivity index (χ3n) is 4.14. The van der Waals surface area contributed by atoms with Crippen LogP contribution in [-0.2, 0) is 10.0 Å². The van der Waals surface area contributed by atoms with E-state index in [9.17, 15) is 8.42 Å². The molecule has 1 aliphatic heterocycles. The Bertz CT molecular complexity index is 837. The molecular weight excluding hydrogens is 340 g/mol. The number of nitrogens with zero attached hydrogens (tertiary/aromatic N) is 4. The van der Waals surface area contributed by atoms with Gasteiger partial charge in [-0.2, -0.15) is 4.31 Å². The maximum absolute atomic E-state index is 12.7. The Kier molecular flexibility index (Phi) is 4.91. The normalized spacial score (nSPS) is 18.3. The number of ether oxygens (including phenoxy) is 1. The van der Waals surface area contributed by atoms with E-state index in [0.29, 0.717) is 30.3 Å². The zero-order chi connectivity index (χ0) is 18.0. The highest BCUT2D eigenvalue weighted by atomic mass is 32.2. The fourth-order valence-corrected chi connectivity index (χ4v) is 4.17. The van der Waals surface area contributed by atoms with Gasteiger partial charge in [0.1, 0.15) is 18.2 Å². The molecule has 0 N–H and O–H groups in total. The van der Waals surface area contributed by atoms with Crippen molar-refractivity contribution in [2.75, 3.05) is 32.1 Å². The van der Waals surface area contributed by atoms with E-state index in [0.717, 1.165) is 11.4 Å². The Morgan fingerprint density at radius 1 is 1.20 bits per heavy atom. The van der Waals surface area contributed by atoms with Crippen LogP contribution >= 0.6 is 0 Å². The molecule has 7 nitrogen and oxygen atoms in total. The van der Waals surface area contributed by atoms with Crippen molar-refractivity contribution < 1.29 is 13.2 Å². The van der Waals surface area contributed by atoms with Gasteiger partial charge in [0.2, 0.25) is 15.9 Å². The van der Waals surface area contributed by atoms with Crippen molar-refractivity contribution in [2.45, 2.75) is 24.3 Å². The fourth-order valence-electron chi connectivity index (χ4n) is 2.68. The molecule has 1 saturated heterocycles. The molecule has 1 atom stereocenters. The molecule has 25 heavy (non-hydrogen) atoms. The number of benzene rings is 1. The molecule has 1 aromatic carbocycles. The first-order chi connectivity index (χ1) is 11.9. The van der Waals surface area contributed by atoms with Gasteiger partial charge in [-0.25, -0.2) is 18.4 Å². The summed E-state index contributed by atoms with van der Waals surface area (Å²) in [7, 11) is 0.283. The van der Waals surface area contributed by atoms with Gasteiger partial charge in [-0.3, -0.25) is 0 Å². The van der Waals surface area contributed by atoms with Crippen LogP contribution in [-0.4, -0.2) is 56.0 Å². The van der Waals surface area contributed by atoms with Gasteiger partial charge in [-0.05, 0) is 25.5 Å². The Balaban J connectivity index is 1.69. The van der Waals surface area contributed by atoms with Crippen molar-refractivity contribution in [3.8, 4) is 5.88 Å². The van der Waals surface area contributed by atoms with E-state index in [1.165, 1.54) is 10.6 Å². The molecule has 0 aliphatic carbocycles. The number of hydrogen-bond donors (Lipinski definition) is 0. The quantitative estimate of drug-likeness (QED) is 0.806. The summed E-state index contributed by atoms with van der Waals surface area (Å²) in [5.74, 6) is 1.20. The molecule has 0 bridgehead atoms. The van der Waals surface area contributed by atoms with E-state index in [2.05, 4.69) is 9.97 Å². The van der Waals surface area contributed by atoms with Gasteiger partial charge >= 0.3 is 0 Å². The van der Waals surface area contributed by atoms with Crippen LogP contribution in [0.5, 0.6) is 5.88 Å². The third-order valence-corrected chi connectivity index (χ3v) is 6.02. The van der Waals surface area contributed by atoms with E-state index in [1.807, 2.05) is 25.9 Å². The highest BCUT2D eigenvalue weighted by Gasteiger charge is 2.33. The number of hydrogen-bond acceptors (Lipinski definition) is 6. The smallest absolute Gasteiger partial charge is 0.243 e. The van der Waals surface area contributed by atoms with Crippen LogP contribution in [0.2, 0.25) is 0 Å². The van der Waals surface area contributed by atoms with Crippen molar-refractivity contribution >= 4 is 15.8 Å². The largest absolute Gasteiger partial charge is 0.473 e. The van der Waals surface area contributed by atoms with Crippen molar-refractivity contribution in [2.24, 2.45) is 0 Å². The lowest BCUT2D eigenvalue weighted by Gasteiger charge is -2.18. The lowest BCUT2D eigenvalue weighted by molar-refractivity contribution is 0.206. The second-order valence-corrected chi connectivity index (χ2v) is 8.25. The third kappa shape index (κ3) is 3.91. The number of sulfonamides is 1. The average Bonchev–Trinajstić information content (AvgIpc) is 3.05. The summed E-state index contributed by atoms with van der Waals surface area (Å²) in [5, 5.41) is 0. The van der Waals surface area contributed by atoms with Crippen LogP contribution in [0.1, 0.15) is 12.0 Å². The number of rotatable bonds is 5. The van der Waals surface area contributed by atoms with Crippen LogP contribution in [0.15, 0.2) is 41.6 Å². The van der Waals surface area contributed by atoms with E-state index in [1.54, 1.807) is 30.3 Å². The first-order valence-electron chi connectivity index (χ1n) is 8.09. The highest BCUT2D eigenvalue weighted by molar-refractivity contribution is 7.89. The van der Waals surface area contributed by atoms with Gasteiger partial charge in [0, 0.05) is 26.7 Å². The van der Waals surface area contributed by atoms with Crippen molar-refractivity contribution in [1.82, 2.24) is 14.3 Å². The lowest BCUT2D eigenvalue weighted by atomic mass is 10.2. The van der Waals surface area contributed by atoms with E-state index in [4.69, 9.17) is 4.74 Å². The standard InChI is InChI=1S/C17H22N4O3S/c1-13-4-6-15(7-5-13)25(22,23)21-9-8-14(11-21)24-17-10-16(20(2)3)18-12-19-17/h4-7,10,12,14H,8-9,11H2,1-3H3. The Hall–Kier alpha value is -2.19.